The van der Waals surface area contributed by atoms with Gasteiger partial charge in [-0.25, -0.2) is 0 Å². The van der Waals surface area contributed by atoms with Gasteiger partial charge in [0.2, 0.25) is 0 Å². The molecule has 6 rings (SSSR count). The van der Waals surface area contributed by atoms with Crippen LogP contribution in [0, 0.1) is 11.3 Å². The average Bonchev–Trinajstić information content (AvgIpc) is 3.03. The number of nitrogens with one attached hydrogen (secondary N) is 1. The summed E-state index contributed by atoms with van der Waals surface area (Å²) in [6, 6.07) is 32.3. The summed E-state index contributed by atoms with van der Waals surface area (Å²) in [5.74, 6) is 1.27. The molecule has 5 aromatic rings. The number of benzene rings is 4. The number of hydrogen-bond acceptors (Lipinski definition) is 6. The van der Waals surface area contributed by atoms with Crippen LogP contribution in [0.2, 0.25) is 5.02 Å². The van der Waals surface area contributed by atoms with Gasteiger partial charge in [0.05, 0.1) is 21.8 Å². The number of ether oxygens (including phenoxy) is 1. The molecule has 1 N–H and O–H groups in total. The maximum absolute atomic E-state index is 9.84. The van der Waals surface area contributed by atoms with Gasteiger partial charge in [-0.05, 0) is 59.6 Å². The third-order valence-electron chi connectivity index (χ3n) is 7.77. The minimum Gasteiger partial charge on any atom is -0.456 e. The highest BCUT2D eigenvalue weighted by molar-refractivity contribution is 6.32. The second kappa shape index (κ2) is 12.6. The molecule has 0 radical (unpaired) electrons. The summed E-state index contributed by atoms with van der Waals surface area (Å²) in [4.78, 5) is 9.64. The zero-order valence-corrected chi connectivity index (χ0v) is 24.3. The Bertz CT molecular complexity index is 1730. The van der Waals surface area contributed by atoms with Crippen molar-refractivity contribution in [1.82, 2.24) is 14.8 Å². The van der Waals surface area contributed by atoms with Crippen LogP contribution < -0.4 is 10.1 Å². The van der Waals surface area contributed by atoms with Gasteiger partial charge in [0.25, 0.3) is 0 Å². The highest BCUT2D eigenvalue weighted by Gasteiger charge is 2.16. The van der Waals surface area contributed by atoms with Gasteiger partial charge in [-0.1, -0.05) is 73.1 Å². The smallest absolute Gasteiger partial charge is 0.146 e. The van der Waals surface area contributed by atoms with Gasteiger partial charge in [-0.3, -0.25) is 9.88 Å². The van der Waals surface area contributed by atoms with E-state index in [-0.39, 0.29) is 0 Å². The van der Waals surface area contributed by atoms with Crippen LogP contribution >= 0.6 is 11.6 Å². The van der Waals surface area contributed by atoms with Crippen LogP contribution in [0.15, 0.2) is 97.2 Å². The summed E-state index contributed by atoms with van der Waals surface area (Å²) in [5.41, 5.74) is 6.26. The largest absolute Gasteiger partial charge is 0.456 e. The Balaban J connectivity index is 1.20. The van der Waals surface area contributed by atoms with E-state index in [1.165, 1.54) is 5.56 Å². The number of aromatic nitrogens is 1. The van der Waals surface area contributed by atoms with Crippen LogP contribution in [0.1, 0.15) is 18.1 Å². The van der Waals surface area contributed by atoms with Crippen molar-refractivity contribution in [3.05, 3.63) is 113 Å². The average molecular weight is 574 g/mol. The van der Waals surface area contributed by atoms with E-state index in [1.54, 1.807) is 12.3 Å². The number of rotatable bonds is 8. The summed E-state index contributed by atoms with van der Waals surface area (Å²) in [5, 5.41) is 14.6. The van der Waals surface area contributed by atoms with Crippen molar-refractivity contribution < 1.29 is 4.74 Å². The highest BCUT2D eigenvalue weighted by atomic mass is 35.5. The highest BCUT2D eigenvalue weighted by Crippen LogP contribution is 2.35. The maximum Gasteiger partial charge on any atom is 0.146 e. The molecule has 0 spiro atoms. The van der Waals surface area contributed by atoms with Crippen molar-refractivity contribution in [2.45, 2.75) is 13.5 Å². The molecule has 1 saturated heterocycles. The number of anilines is 2. The Hall–Kier alpha value is -4.41. The molecule has 0 unspecified atom stereocenters. The predicted molar refractivity (Wildman–Crippen MR) is 171 cm³/mol. The van der Waals surface area contributed by atoms with Gasteiger partial charge in [-0.15, -0.1) is 0 Å². The first-order chi connectivity index (χ1) is 20.6. The van der Waals surface area contributed by atoms with Crippen LogP contribution in [0.3, 0.4) is 0 Å². The topological polar surface area (TPSA) is 64.4 Å². The predicted octanol–water partition coefficient (Wildman–Crippen LogP) is 8.10. The van der Waals surface area contributed by atoms with E-state index in [1.807, 2.05) is 48.5 Å². The van der Waals surface area contributed by atoms with E-state index >= 15 is 0 Å². The molecule has 0 saturated carbocycles. The lowest BCUT2D eigenvalue weighted by Gasteiger charge is -2.34. The number of likely N-dealkylation sites (N-methyl/N-ethyl adjacent to an activating group) is 1. The van der Waals surface area contributed by atoms with Crippen molar-refractivity contribution in [2.24, 2.45) is 0 Å². The first kappa shape index (κ1) is 27.7. The number of nitrogens with zero attached hydrogens (tertiary/aromatic N) is 4. The Kier molecular flexibility index (Phi) is 8.34. The zero-order valence-electron chi connectivity index (χ0n) is 23.6. The van der Waals surface area contributed by atoms with E-state index in [2.05, 4.69) is 69.5 Å². The van der Waals surface area contributed by atoms with Crippen molar-refractivity contribution in [3.8, 4) is 28.7 Å². The minimum absolute atomic E-state index is 0.458. The molecule has 210 valence electrons. The number of nitriles is 1. The van der Waals surface area contributed by atoms with Gasteiger partial charge in [-0.2, -0.15) is 5.26 Å². The quantitative estimate of drug-likeness (QED) is 0.202. The first-order valence-corrected chi connectivity index (χ1v) is 14.6. The molecular formula is C35H32ClN5O. The number of halogens is 1. The number of fused-ring (bicyclic) bond motifs is 1. The lowest BCUT2D eigenvalue weighted by molar-refractivity contribution is 0.132. The number of pyridine rings is 1. The second-order valence-corrected chi connectivity index (χ2v) is 10.9. The number of piperazine rings is 1. The summed E-state index contributed by atoms with van der Waals surface area (Å²) < 4.78 is 5.91. The standard InChI is InChI=1S/C35H32ClN5O/c1-2-40-16-18-41(19-17-40)24-25-8-10-26(11-9-25)27-12-14-31-33(20-27)38-23-28(22-37)35(31)39-29-13-15-34(32(36)21-29)42-30-6-4-3-5-7-30/h3-15,20-21,23H,2,16-19,24H2,1H3,(H,38,39). The van der Waals surface area contributed by atoms with Gasteiger partial charge >= 0.3 is 0 Å². The molecule has 7 heteroatoms. The molecule has 4 aromatic carbocycles. The third kappa shape index (κ3) is 6.24. The number of hydrogen-bond donors (Lipinski definition) is 1. The summed E-state index contributed by atoms with van der Waals surface area (Å²) in [7, 11) is 0. The van der Waals surface area contributed by atoms with Crippen LogP contribution in [0.4, 0.5) is 11.4 Å². The molecule has 6 nitrogen and oxygen atoms in total. The first-order valence-electron chi connectivity index (χ1n) is 14.3. The molecule has 0 aliphatic carbocycles. The Morgan fingerprint density at radius 3 is 2.33 bits per heavy atom. The molecule has 0 amide bonds. The fourth-order valence-electron chi connectivity index (χ4n) is 5.34. The van der Waals surface area contributed by atoms with Crippen molar-refractivity contribution in [3.63, 3.8) is 0 Å². The fraction of sp³-hybridized carbons (Fsp3) is 0.200. The maximum atomic E-state index is 9.84. The van der Waals surface area contributed by atoms with E-state index in [4.69, 9.17) is 16.3 Å². The SMILES string of the molecule is CCN1CCN(Cc2ccc(-c3ccc4c(Nc5ccc(Oc6ccccc6)c(Cl)c5)c(C#N)cnc4c3)cc2)CC1. The second-order valence-electron chi connectivity index (χ2n) is 10.5. The van der Waals surface area contributed by atoms with Gasteiger partial charge in [0, 0.05) is 50.0 Å². The molecule has 1 aliphatic rings. The molecule has 1 aliphatic heterocycles. The molecule has 42 heavy (non-hydrogen) atoms. The van der Waals surface area contributed by atoms with Crippen LogP contribution in [0.5, 0.6) is 11.5 Å². The van der Waals surface area contributed by atoms with Gasteiger partial charge in [0.15, 0.2) is 0 Å². The normalized spacial score (nSPS) is 14.0. The summed E-state index contributed by atoms with van der Waals surface area (Å²) in [6.45, 7) is 8.86. The Morgan fingerprint density at radius 1 is 0.881 bits per heavy atom. The zero-order chi connectivity index (χ0) is 28.9. The van der Waals surface area contributed by atoms with Crippen LogP contribution in [-0.2, 0) is 6.54 Å². The van der Waals surface area contributed by atoms with Gasteiger partial charge in [0.1, 0.15) is 17.6 Å². The summed E-state index contributed by atoms with van der Waals surface area (Å²) >= 11 is 6.56. The van der Waals surface area contributed by atoms with Crippen LogP contribution in [0.25, 0.3) is 22.0 Å². The van der Waals surface area contributed by atoms with E-state index in [9.17, 15) is 5.26 Å². The monoisotopic (exact) mass is 573 g/mol. The Morgan fingerprint density at radius 2 is 1.62 bits per heavy atom. The van der Waals surface area contributed by atoms with Crippen molar-refractivity contribution in [2.75, 3.05) is 38.0 Å². The fourth-order valence-corrected chi connectivity index (χ4v) is 5.56. The van der Waals surface area contributed by atoms with Crippen molar-refractivity contribution in [1.29, 1.82) is 5.26 Å². The van der Waals surface area contributed by atoms with Crippen molar-refractivity contribution >= 4 is 33.9 Å². The Labute approximate surface area is 251 Å². The molecule has 0 atom stereocenters. The number of para-hydroxylation sites is 1. The van der Waals surface area contributed by atoms with Gasteiger partial charge < -0.3 is 15.0 Å². The lowest BCUT2D eigenvalue weighted by atomic mass is 10.0. The van der Waals surface area contributed by atoms with E-state index in [0.29, 0.717) is 27.8 Å². The molecule has 0 bridgehead atoms. The third-order valence-corrected chi connectivity index (χ3v) is 8.06. The lowest BCUT2D eigenvalue weighted by Crippen LogP contribution is -2.45. The molecular weight excluding hydrogens is 542 g/mol. The molecule has 1 fully saturated rings. The summed E-state index contributed by atoms with van der Waals surface area (Å²) in [6.07, 6.45) is 1.62. The van der Waals surface area contributed by atoms with E-state index in [0.717, 1.165) is 67.0 Å². The van der Waals surface area contributed by atoms with E-state index < -0.39 is 0 Å². The minimum atomic E-state index is 0.458. The van der Waals surface area contributed by atoms with Crippen LogP contribution in [-0.4, -0.2) is 47.5 Å². The molecule has 1 aromatic heterocycles. The molecule has 2 heterocycles.